The molecule has 2 N–H and O–H groups in total. The number of halogens is 1. The van der Waals surface area contributed by atoms with E-state index >= 15 is 0 Å². The Labute approximate surface area is 124 Å². The number of morpholine rings is 1. The second kappa shape index (κ2) is 7.82. The van der Waals surface area contributed by atoms with E-state index in [1.807, 2.05) is 0 Å². The molecule has 3 atom stereocenters. The Hall–Kier alpha value is 0.170. The molecule has 2 fully saturated rings. The second-order valence-electron chi connectivity index (χ2n) is 7.10. The van der Waals surface area contributed by atoms with E-state index in [-0.39, 0.29) is 12.4 Å². The number of ether oxygens (including phenoxy) is 1. The Kier molecular flexibility index (Phi) is 7.09. The molecule has 0 spiro atoms. The van der Waals surface area contributed by atoms with Crippen LogP contribution < -0.4 is 10.6 Å². The molecule has 1 aliphatic carbocycles. The lowest BCUT2D eigenvalue weighted by Crippen LogP contribution is -2.51. The molecule has 1 heterocycles. The fourth-order valence-electron chi connectivity index (χ4n) is 3.22. The van der Waals surface area contributed by atoms with Crippen LogP contribution in [0.25, 0.3) is 0 Å². The summed E-state index contributed by atoms with van der Waals surface area (Å²) < 4.78 is 5.61. The van der Waals surface area contributed by atoms with Crippen molar-refractivity contribution in [3.05, 3.63) is 0 Å². The Balaban J connectivity index is 0.00000180. The molecule has 0 radical (unpaired) electrons. The highest BCUT2D eigenvalue weighted by Crippen LogP contribution is 2.29. The van der Waals surface area contributed by atoms with Gasteiger partial charge in [-0.05, 0) is 37.1 Å². The van der Waals surface area contributed by atoms with Crippen LogP contribution in [0.5, 0.6) is 0 Å². The van der Waals surface area contributed by atoms with Crippen LogP contribution in [0.1, 0.15) is 46.5 Å². The standard InChI is InChI=1S/C15H30N2O.ClH/c1-15(2,3)7-8-16-13-6-4-5-12(13)14-11-18-10-9-17-14;/h12-14,16-17H,4-11H2,1-3H3;1H. The van der Waals surface area contributed by atoms with Gasteiger partial charge in [0.1, 0.15) is 0 Å². The van der Waals surface area contributed by atoms with Gasteiger partial charge in [0.15, 0.2) is 0 Å². The van der Waals surface area contributed by atoms with Crippen molar-refractivity contribution in [3.8, 4) is 0 Å². The summed E-state index contributed by atoms with van der Waals surface area (Å²) in [7, 11) is 0. The lowest BCUT2D eigenvalue weighted by molar-refractivity contribution is 0.0523. The van der Waals surface area contributed by atoms with Crippen molar-refractivity contribution in [3.63, 3.8) is 0 Å². The average Bonchev–Trinajstić information content (AvgIpc) is 2.77. The van der Waals surface area contributed by atoms with Gasteiger partial charge in [-0.25, -0.2) is 0 Å². The van der Waals surface area contributed by atoms with E-state index in [9.17, 15) is 0 Å². The van der Waals surface area contributed by atoms with Crippen LogP contribution in [0.4, 0.5) is 0 Å². The van der Waals surface area contributed by atoms with E-state index in [0.29, 0.717) is 17.5 Å². The monoisotopic (exact) mass is 290 g/mol. The molecule has 0 amide bonds. The van der Waals surface area contributed by atoms with Crippen LogP contribution in [-0.4, -0.2) is 38.4 Å². The maximum Gasteiger partial charge on any atom is 0.0623 e. The zero-order valence-corrected chi connectivity index (χ0v) is 13.5. The van der Waals surface area contributed by atoms with Crippen LogP contribution in [0, 0.1) is 11.3 Å². The summed E-state index contributed by atoms with van der Waals surface area (Å²) in [6, 6.07) is 1.28. The zero-order chi connectivity index (χ0) is 13.0. The second-order valence-corrected chi connectivity index (χ2v) is 7.10. The molecule has 1 saturated carbocycles. The van der Waals surface area contributed by atoms with Gasteiger partial charge in [-0.2, -0.15) is 0 Å². The molecule has 1 saturated heterocycles. The molecule has 0 bridgehead atoms. The van der Waals surface area contributed by atoms with Crippen molar-refractivity contribution in [1.82, 2.24) is 10.6 Å². The van der Waals surface area contributed by atoms with Crippen molar-refractivity contribution in [2.45, 2.75) is 58.5 Å². The molecule has 3 unspecified atom stereocenters. The first kappa shape index (κ1) is 17.2. The van der Waals surface area contributed by atoms with Gasteiger partial charge in [-0.15, -0.1) is 12.4 Å². The molecule has 0 aromatic heterocycles. The van der Waals surface area contributed by atoms with Crippen molar-refractivity contribution in [1.29, 1.82) is 0 Å². The fourth-order valence-corrected chi connectivity index (χ4v) is 3.22. The van der Waals surface area contributed by atoms with Gasteiger partial charge >= 0.3 is 0 Å². The van der Waals surface area contributed by atoms with E-state index in [0.717, 1.165) is 32.2 Å². The first-order valence-electron chi connectivity index (χ1n) is 7.61. The van der Waals surface area contributed by atoms with Crippen LogP contribution in [0.3, 0.4) is 0 Å². The molecule has 114 valence electrons. The van der Waals surface area contributed by atoms with E-state index in [2.05, 4.69) is 31.4 Å². The molecule has 0 aromatic carbocycles. The van der Waals surface area contributed by atoms with Gasteiger partial charge in [0.05, 0.1) is 13.2 Å². The normalized spacial score (nSPS) is 32.1. The molecular weight excluding hydrogens is 260 g/mol. The number of hydrogen-bond acceptors (Lipinski definition) is 3. The minimum Gasteiger partial charge on any atom is -0.379 e. The van der Waals surface area contributed by atoms with E-state index in [1.54, 1.807) is 0 Å². The van der Waals surface area contributed by atoms with Crippen LogP contribution in [0.2, 0.25) is 0 Å². The minimum absolute atomic E-state index is 0. The van der Waals surface area contributed by atoms with Crippen LogP contribution in [-0.2, 0) is 4.74 Å². The zero-order valence-electron chi connectivity index (χ0n) is 12.7. The third-order valence-electron chi connectivity index (χ3n) is 4.32. The van der Waals surface area contributed by atoms with Crippen LogP contribution in [0.15, 0.2) is 0 Å². The molecule has 1 aliphatic heterocycles. The Bertz CT molecular complexity index is 249. The first-order valence-corrected chi connectivity index (χ1v) is 7.61. The Morgan fingerprint density at radius 3 is 2.68 bits per heavy atom. The number of nitrogens with one attached hydrogen (secondary N) is 2. The SMILES string of the molecule is CC(C)(C)CCNC1CCCC1C1COCCN1.Cl. The van der Waals surface area contributed by atoms with E-state index < -0.39 is 0 Å². The lowest BCUT2D eigenvalue weighted by Gasteiger charge is -2.33. The van der Waals surface area contributed by atoms with E-state index in [4.69, 9.17) is 4.74 Å². The van der Waals surface area contributed by atoms with Gasteiger partial charge in [0.2, 0.25) is 0 Å². The maximum atomic E-state index is 5.61. The van der Waals surface area contributed by atoms with Gasteiger partial charge in [0, 0.05) is 18.6 Å². The van der Waals surface area contributed by atoms with Crippen molar-refractivity contribution < 1.29 is 4.74 Å². The predicted molar refractivity (Wildman–Crippen MR) is 83.1 cm³/mol. The fraction of sp³-hybridized carbons (Fsp3) is 1.00. The molecule has 2 aliphatic rings. The topological polar surface area (TPSA) is 33.3 Å². The first-order chi connectivity index (χ1) is 8.56. The lowest BCUT2D eigenvalue weighted by atomic mass is 9.91. The van der Waals surface area contributed by atoms with Crippen molar-refractivity contribution in [2.75, 3.05) is 26.3 Å². The summed E-state index contributed by atoms with van der Waals surface area (Å²) in [5.74, 6) is 0.769. The maximum absolute atomic E-state index is 5.61. The summed E-state index contributed by atoms with van der Waals surface area (Å²) in [6.07, 6.45) is 5.32. The molecule has 0 aromatic rings. The predicted octanol–water partition coefficient (Wildman–Crippen LogP) is 2.59. The van der Waals surface area contributed by atoms with Crippen molar-refractivity contribution in [2.24, 2.45) is 11.3 Å². The quantitative estimate of drug-likeness (QED) is 0.835. The largest absolute Gasteiger partial charge is 0.379 e. The Morgan fingerprint density at radius 2 is 2.05 bits per heavy atom. The van der Waals surface area contributed by atoms with Crippen molar-refractivity contribution >= 4 is 12.4 Å². The molecule has 2 rings (SSSR count). The van der Waals surface area contributed by atoms with Gasteiger partial charge in [-0.1, -0.05) is 27.2 Å². The highest BCUT2D eigenvalue weighted by Gasteiger charge is 2.34. The van der Waals surface area contributed by atoms with Gasteiger partial charge < -0.3 is 15.4 Å². The highest BCUT2D eigenvalue weighted by atomic mass is 35.5. The third-order valence-corrected chi connectivity index (χ3v) is 4.32. The third kappa shape index (κ3) is 5.58. The minimum atomic E-state index is 0. The van der Waals surface area contributed by atoms with Gasteiger partial charge in [0.25, 0.3) is 0 Å². The molecule has 19 heavy (non-hydrogen) atoms. The molecular formula is C15H31ClN2O. The smallest absolute Gasteiger partial charge is 0.0623 e. The van der Waals surface area contributed by atoms with Crippen LogP contribution >= 0.6 is 12.4 Å². The van der Waals surface area contributed by atoms with E-state index in [1.165, 1.54) is 25.7 Å². The summed E-state index contributed by atoms with van der Waals surface area (Å²) in [5, 5.41) is 7.42. The summed E-state index contributed by atoms with van der Waals surface area (Å²) in [4.78, 5) is 0. The summed E-state index contributed by atoms with van der Waals surface area (Å²) >= 11 is 0. The molecule has 3 nitrogen and oxygen atoms in total. The van der Waals surface area contributed by atoms with Gasteiger partial charge in [-0.3, -0.25) is 0 Å². The average molecular weight is 291 g/mol. The molecule has 4 heteroatoms. The Morgan fingerprint density at radius 1 is 1.26 bits per heavy atom. The number of rotatable bonds is 4. The summed E-state index contributed by atoms with van der Waals surface area (Å²) in [5.41, 5.74) is 0.438. The highest BCUT2D eigenvalue weighted by molar-refractivity contribution is 5.85. The summed E-state index contributed by atoms with van der Waals surface area (Å²) in [6.45, 7) is 10.9. The number of hydrogen-bond donors (Lipinski definition) is 2.